The molecule has 6 nitrogen and oxygen atoms in total. The van der Waals surface area contributed by atoms with Crippen LogP contribution in [0.4, 0.5) is 14.5 Å². The van der Waals surface area contributed by atoms with Crippen molar-refractivity contribution >= 4 is 21.6 Å². The second kappa shape index (κ2) is 7.10. The van der Waals surface area contributed by atoms with Crippen molar-refractivity contribution in [1.29, 1.82) is 0 Å². The molecule has 0 N–H and O–H groups in total. The number of carbonyl (C=O) groups excluding carboxylic acids is 1. The molecule has 1 saturated heterocycles. The number of amides is 1. The molecule has 3 rings (SSSR count). The zero-order chi connectivity index (χ0) is 20.0. The number of nitrogens with zero attached hydrogens (tertiary/aromatic N) is 3. The van der Waals surface area contributed by atoms with E-state index in [-0.39, 0.29) is 49.6 Å². The minimum Gasteiger partial charge on any atom is -0.309 e. The fourth-order valence-electron chi connectivity index (χ4n) is 3.92. The summed E-state index contributed by atoms with van der Waals surface area (Å²) >= 11 is 0. The van der Waals surface area contributed by atoms with Gasteiger partial charge in [0.05, 0.1) is 11.4 Å². The van der Waals surface area contributed by atoms with Crippen molar-refractivity contribution in [2.75, 3.05) is 37.6 Å². The van der Waals surface area contributed by atoms with Crippen LogP contribution in [0.2, 0.25) is 0 Å². The average Bonchev–Trinajstić information content (AvgIpc) is 2.88. The molecule has 2 aliphatic rings. The van der Waals surface area contributed by atoms with Crippen molar-refractivity contribution in [3.05, 3.63) is 23.8 Å². The van der Waals surface area contributed by atoms with Gasteiger partial charge in [0, 0.05) is 51.8 Å². The average molecular weight is 401 g/mol. The molecule has 2 heterocycles. The highest BCUT2D eigenvalue weighted by Gasteiger charge is 2.34. The maximum absolute atomic E-state index is 13.1. The lowest BCUT2D eigenvalue weighted by Gasteiger charge is -2.35. The molecule has 27 heavy (non-hydrogen) atoms. The van der Waals surface area contributed by atoms with E-state index < -0.39 is 15.9 Å². The zero-order valence-corrected chi connectivity index (χ0v) is 16.6. The van der Waals surface area contributed by atoms with Gasteiger partial charge in [-0.25, -0.2) is 17.2 Å². The molecule has 150 valence electrons. The van der Waals surface area contributed by atoms with Gasteiger partial charge >= 0.3 is 0 Å². The first-order valence-corrected chi connectivity index (χ1v) is 10.5. The molecule has 0 spiro atoms. The zero-order valence-electron chi connectivity index (χ0n) is 15.8. The Morgan fingerprint density at radius 1 is 1.22 bits per heavy atom. The van der Waals surface area contributed by atoms with Crippen molar-refractivity contribution in [2.45, 2.75) is 44.1 Å². The third-order valence-electron chi connectivity index (χ3n) is 5.08. The number of benzene rings is 1. The lowest BCUT2D eigenvalue weighted by atomic mass is 10.1. The van der Waals surface area contributed by atoms with Crippen molar-refractivity contribution in [1.82, 2.24) is 9.21 Å². The number of halogens is 2. The van der Waals surface area contributed by atoms with Crippen molar-refractivity contribution in [3.63, 3.8) is 0 Å². The van der Waals surface area contributed by atoms with Gasteiger partial charge < -0.3 is 4.90 Å². The third kappa shape index (κ3) is 4.14. The van der Waals surface area contributed by atoms with E-state index in [1.165, 1.54) is 17.3 Å². The molecule has 0 saturated carbocycles. The minimum atomic E-state index is -3.69. The number of hydrogen-bond donors (Lipinski definition) is 0. The largest absolute Gasteiger partial charge is 0.309 e. The van der Waals surface area contributed by atoms with Gasteiger partial charge in [-0.1, -0.05) is 0 Å². The monoisotopic (exact) mass is 401 g/mol. The lowest BCUT2D eigenvalue weighted by Crippen LogP contribution is -2.50. The molecule has 9 heteroatoms. The number of anilines is 1. The Morgan fingerprint density at radius 2 is 1.85 bits per heavy atom. The van der Waals surface area contributed by atoms with Gasteiger partial charge in [0.2, 0.25) is 15.9 Å². The van der Waals surface area contributed by atoms with Crippen molar-refractivity contribution in [3.8, 4) is 0 Å². The van der Waals surface area contributed by atoms with Crippen LogP contribution in [-0.4, -0.2) is 68.2 Å². The summed E-state index contributed by atoms with van der Waals surface area (Å²) in [6.07, 6.45) is 0.609. The van der Waals surface area contributed by atoms with Gasteiger partial charge in [0.25, 0.3) is 5.92 Å². The molecule has 0 radical (unpaired) electrons. The van der Waals surface area contributed by atoms with Crippen LogP contribution in [0.1, 0.15) is 26.3 Å². The molecule has 1 fully saturated rings. The molecular formula is C18H25F2N3O3S. The van der Waals surface area contributed by atoms with E-state index in [0.29, 0.717) is 6.42 Å². The molecular weight excluding hydrogens is 376 g/mol. The summed E-state index contributed by atoms with van der Waals surface area (Å²) in [5.41, 5.74) is 1.59. The lowest BCUT2D eigenvalue weighted by molar-refractivity contribution is -0.116. The van der Waals surface area contributed by atoms with E-state index in [0.717, 1.165) is 18.2 Å². The fourth-order valence-corrected chi connectivity index (χ4v) is 5.39. The van der Waals surface area contributed by atoms with E-state index in [1.807, 2.05) is 6.92 Å². The van der Waals surface area contributed by atoms with Crippen LogP contribution >= 0.6 is 0 Å². The minimum absolute atomic E-state index is 0.00490. The van der Waals surface area contributed by atoms with Crippen LogP contribution in [0, 0.1) is 0 Å². The first kappa shape index (κ1) is 20.2. The Balaban J connectivity index is 1.76. The number of rotatable bonds is 4. The van der Waals surface area contributed by atoms with Gasteiger partial charge in [0.15, 0.2) is 0 Å². The van der Waals surface area contributed by atoms with Gasteiger partial charge in [-0.2, -0.15) is 4.31 Å². The van der Waals surface area contributed by atoms with Crippen molar-refractivity contribution < 1.29 is 22.0 Å². The van der Waals surface area contributed by atoms with Crippen LogP contribution in [0.25, 0.3) is 0 Å². The molecule has 0 aliphatic carbocycles. The number of sulfonamides is 1. The normalized spacial score (nSPS) is 22.1. The maximum Gasteiger partial charge on any atom is 0.257 e. The van der Waals surface area contributed by atoms with Gasteiger partial charge in [-0.3, -0.25) is 9.69 Å². The van der Waals surface area contributed by atoms with Crippen LogP contribution < -0.4 is 4.90 Å². The summed E-state index contributed by atoms with van der Waals surface area (Å²) in [5, 5.41) is 0. The van der Waals surface area contributed by atoms with Crippen LogP contribution in [0.15, 0.2) is 23.1 Å². The molecule has 0 bridgehead atoms. The second-order valence-corrected chi connectivity index (χ2v) is 9.42. The van der Waals surface area contributed by atoms with Crippen LogP contribution in [0.3, 0.4) is 0 Å². The number of alkyl halides is 2. The smallest absolute Gasteiger partial charge is 0.257 e. The quantitative estimate of drug-likeness (QED) is 0.774. The van der Waals surface area contributed by atoms with Crippen LogP contribution in [0.5, 0.6) is 0 Å². The SMILES string of the molecule is CC(=O)N1c2ccc(S(=O)(=O)N3CCN(CC(C)(F)F)CC3)cc2CC1C. The highest BCUT2D eigenvalue weighted by atomic mass is 32.2. The molecule has 1 aromatic carbocycles. The summed E-state index contributed by atoms with van der Waals surface area (Å²) in [6.45, 7) is 4.86. The van der Waals surface area contributed by atoms with Gasteiger partial charge in [0.1, 0.15) is 0 Å². The van der Waals surface area contributed by atoms with E-state index in [9.17, 15) is 22.0 Å². The third-order valence-corrected chi connectivity index (χ3v) is 6.97. The predicted octanol–water partition coefficient (Wildman–Crippen LogP) is 1.95. The number of hydrogen-bond acceptors (Lipinski definition) is 4. The van der Waals surface area contributed by atoms with Crippen LogP contribution in [-0.2, 0) is 21.2 Å². The second-order valence-electron chi connectivity index (χ2n) is 7.48. The first-order valence-electron chi connectivity index (χ1n) is 9.02. The first-order chi connectivity index (χ1) is 12.5. The number of piperazine rings is 1. The molecule has 1 atom stereocenters. The maximum atomic E-state index is 13.1. The highest BCUT2D eigenvalue weighted by molar-refractivity contribution is 7.89. The van der Waals surface area contributed by atoms with E-state index in [4.69, 9.17) is 0 Å². The standard InChI is InChI=1S/C18H25F2N3O3S/c1-13-10-15-11-16(4-5-17(15)23(13)14(2)24)27(25,26)22-8-6-21(7-9-22)12-18(3,19)20/h4-5,11,13H,6-10,12H2,1-3H3. The number of carbonyl (C=O) groups is 1. The fraction of sp³-hybridized carbons (Fsp3) is 0.611. The Labute approximate surface area is 158 Å². The predicted molar refractivity (Wildman–Crippen MR) is 98.6 cm³/mol. The summed E-state index contributed by atoms with van der Waals surface area (Å²) in [5.74, 6) is -2.86. The van der Waals surface area contributed by atoms with Crippen molar-refractivity contribution in [2.24, 2.45) is 0 Å². The molecule has 0 aromatic heterocycles. The number of fused-ring (bicyclic) bond motifs is 1. The van der Waals surface area contributed by atoms with E-state index in [1.54, 1.807) is 21.9 Å². The molecule has 1 amide bonds. The summed E-state index contributed by atoms with van der Waals surface area (Å²) in [6, 6.07) is 4.83. The highest BCUT2D eigenvalue weighted by Crippen LogP contribution is 2.34. The molecule has 1 unspecified atom stereocenters. The summed E-state index contributed by atoms with van der Waals surface area (Å²) in [4.78, 5) is 15.3. The Morgan fingerprint density at radius 3 is 2.41 bits per heavy atom. The Kier molecular flexibility index (Phi) is 5.31. The van der Waals surface area contributed by atoms with Gasteiger partial charge in [-0.15, -0.1) is 0 Å². The molecule has 1 aromatic rings. The summed E-state index contributed by atoms with van der Waals surface area (Å²) in [7, 11) is -3.69. The van der Waals surface area contributed by atoms with Gasteiger partial charge in [-0.05, 0) is 37.1 Å². The molecule has 2 aliphatic heterocycles. The summed E-state index contributed by atoms with van der Waals surface area (Å²) < 4.78 is 53.6. The topological polar surface area (TPSA) is 60.9 Å². The van der Waals surface area contributed by atoms with E-state index >= 15 is 0 Å². The Bertz CT molecular complexity index is 831. The Hall–Kier alpha value is -1.58. The van der Waals surface area contributed by atoms with E-state index in [2.05, 4.69) is 0 Å².